The van der Waals surface area contributed by atoms with Crippen LogP contribution in [-0.2, 0) is 9.53 Å². The van der Waals surface area contributed by atoms with Gasteiger partial charge in [0, 0.05) is 10.0 Å². The number of aromatic nitrogens is 2. The minimum absolute atomic E-state index is 0.0902. The smallest absolute Gasteiger partial charge is 0.307 e. The third kappa shape index (κ3) is 2.17. The highest BCUT2D eigenvalue weighted by Crippen LogP contribution is 2.40. The summed E-state index contributed by atoms with van der Waals surface area (Å²) in [4.78, 5) is 29.6. The summed E-state index contributed by atoms with van der Waals surface area (Å²) < 4.78 is 7.31. The average Bonchev–Trinajstić information content (AvgIpc) is 2.88. The number of ether oxygens (including phenoxy) is 1. The van der Waals surface area contributed by atoms with Gasteiger partial charge in [0.2, 0.25) is 0 Å². The van der Waals surface area contributed by atoms with Gasteiger partial charge in [-0.3, -0.25) is 14.2 Å². The standard InChI is InChI=1S/C18H13BrN2O3/c1-24-16(22)9-15-13-8-10(19)6-7-11(13)17-20-14-5-3-2-4-12(14)18(23)21(15)17/h2-8,15H,9H2,1H3. The normalized spacial score (nSPS) is 15.2. The molecule has 1 aliphatic heterocycles. The molecule has 6 heteroatoms. The summed E-state index contributed by atoms with van der Waals surface area (Å²) in [7, 11) is 1.35. The van der Waals surface area contributed by atoms with E-state index in [-0.39, 0.29) is 17.9 Å². The highest BCUT2D eigenvalue weighted by molar-refractivity contribution is 9.10. The van der Waals surface area contributed by atoms with Crippen molar-refractivity contribution in [3.05, 3.63) is 62.9 Å². The fourth-order valence-corrected chi connectivity index (χ4v) is 3.60. The van der Waals surface area contributed by atoms with E-state index in [9.17, 15) is 9.59 Å². The fourth-order valence-electron chi connectivity index (χ4n) is 3.22. The van der Waals surface area contributed by atoms with Gasteiger partial charge in [0.1, 0.15) is 5.82 Å². The first-order chi connectivity index (χ1) is 11.6. The third-order valence-electron chi connectivity index (χ3n) is 4.32. The molecule has 2 aromatic carbocycles. The summed E-state index contributed by atoms with van der Waals surface area (Å²) in [5.41, 5.74) is 2.28. The lowest BCUT2D eigenvalue weighted by atomic mass is 10.0. The number of rotatable bonds is 2. The van der Waals surface area contributed by atoms with E-state index in [2.05, 4.69) is 20.9 Å². The maximum Gasteiger partial charge on any atom is 0.307 e. The maximum absolute atomic E-state index is 13.0. The summed E-state index contributed by atoms with van der Waals surface area (Å²) in [5, 5.41) is 0.544. The van der Waals surface area contributed by atoms with E-state index in [0.29, 0.717) is 16.7 Å². The first-order valence-electron chi connectivity index (χ1n) is 7.48. The van der Waals surface area contributed by atoms with Gasteiger partial charge in [-0.15, -0.1) is 0 Å². The SMILES string of the molecule is COC(=O)CC1c2cc(Br)ccc2-c2nc3ccccc3c(=O)n21. The molecule has 0 saturated carbocycles. The zero-order valence-corrected chi connectivity index (χ0v) is 14.4. The molecular weight excluding hydrogens is 372 g/mol. The average molecular weight is 385 g/mol. The first-order valence-corrected chi connectivity index (χ1v) is 8.27. The van der Waals surface area contributed by atoms with Crippen LogP contribution in [0.2, 0.25) is 0 Å². The monoisotopic (exact) mass is 384 g/mol. The van der Waals surface area contributed by atoms with E-state index < -0.39 is 6.04 Å². The van der Waals surface area contributed by atoms with Gasteiger partial charge in [-0.1, -0.05) is 28.1 Å². The van der Waals surface area contributed by atoms with Gasteiger partial charge in [-0.25, -0.2) is 4.98 Å². The van der Waals surface area contributed by atoms with Crippen LogP contribution in [0.5, 0.6) is 0 Å². The lowest BCUT2D eigenvalue weighted by Crippen LogP contribution is -2.26. The second kappa shape index (κ2) is 5.56. The van der Waals surface area contributed by atoms with Gasteiger partial charge in [0.15, 0.2) is 0 Å². The maximum atomic E-state index is 13.0. The molecule has 0 amide bonds. The fraction of sp³-hybridized carbons (Fsp3) is 0.167. The molecule has 0 bridgehead atoms. The van der Waals surface area contributed by atoms with Crippen LogP contribution >= 0.6 is 15.9 Å². The van der Waals surface area contributed by atoms with Gasteiger partial charge >= 0.3 is 5.97 Å². The Bertz CT molecular complexity index is 1040. The molecule has 0 spiro atoms. The van der Waals surface area contributed by atoms with Crippen LogP contribution in [0, 0.1) is 0 Å². The first kappa shape index (κ1) is 15.1. The Hall–Kier alpha value is -2.47. The molecule has 24 heavy (non-hydrogen) atoms. The van der Waals surface area contributed by atoms with Crippen molar-refractivity contribution in [3.63, 3.8) is 0 Å². The van der Waals surface area contributed by atoms with E-state index in [4.69, 9.17) is 4.74 Å². The number of carbonyl (C=O) groups is 1. The third-order valence-corrected chi connectivity index (χ3v) is 4.81. The molecule has 0 radical (unpaired) electrons. The Morgan fingerprint density at radius 1 is 1.29 bits per heavy atom. The van der Waals surface area contributed by atoms with Crippen LogP contribution in [0.3, 0.4) is 0 Å². The van der Waals surface area contributed by atoms with Crippen molar-refractivity contribution < 1.29 is 9.53 Å². The molecule has 1 aromatic heterocycles. The van der Waals surface area contributed by atoms with Crippen molar-refractivity contribution in [2.24, 2.45) is 0 Å². The van der Waals surface area contributed by atoms with Gasteiger partial charge < -0.3 is 4.74 Å². The van der Waals surface area contributed by atoms with E-state index in [1.54, 1.807) is 10.6 Å². The summed E-state index contributed by atoms with van der Waals surface area (Å²) in [6, 6.07) is 12.6. The Morgan fingerprint density at radius 3 is 2.88 bits per heavy atom. The van der Waals surface area contributed by atoms with Gasteiger partial charge in [-0.05, 0) is 35.9 Å². The molecule has 0 fully saturated rings. The number of carbonyl (C=O) groups excluding carboxylic acids is 1. The molecule has 1 aliphatic rings. The minimum atomic E-state index is -0.412. The van der Waals surface area contributed by atoms with Crippen molar-refractivity contribution in [1.29, 1.82) is 0 Å². The lowest BCUT2D eigenvalue weighted by Gasteiger charge is -2.15. The highest BCUT2D eigenvalue weighted by Gasteiger charge is 2.33. The zero-order valence-electron chi connectivity index (χ0n) is 12.8. The van der Waals surface area contributed by atoms with E-state index in [1.807, 2.05) is 36.4 Å². The zero-order chi connectivity index (χ0) is 16.8. The number of para-hydroxylation sites is 1. The van der Waals surface area contributed by atoms with Crippen LogP contribution in [0.1, 0.15) is 18.0 Å². The Labute approximate surface area is 146 Å². The summed E-state index contributed by atoms with van der Waals surface area (Å²) in [6.07, 6.45) is 0.0902. The molecule has 0 N–H and O–H groups in total. The lowest BCUT2D eigenvalue weighted by molar-refractivity contribution is -0.141. The Morgan fingerprint density at radius 2 is 2.08 bits per heavy atom. The highest BCUT2D eigenvalue weighted by atomic mass is 79.9. The molecule has 3 aromatic rings. The quantitative estimate of drug-likeness (QED) is 0.636. The number of halogens is 1. The van der Waals surface area contributed by atoms with Gasteiger partial charge in [0.25, 0.3) is 5.56 Å². The Kier molecular flexibility index (Phi) is 3.49. The molecule has 4 rings (SSSR count). The largest absolute Gasteiger partial charge is 0.469 e. The second-order valence-corrected chi connectivity index (χ2v) is 6.57. The number of fused-ring (bicyclic) bond motifs is 4. The molecule has 2 heterocycles. The number of esters is 1. The van der Waals surface area contributed by atoms with Crippen LogP contribution in [0.15, 0.2) is 51.7 Å². The van der Waals surface area contributed by atoms with Gasteiger partial charge in [0.05, 0.1) is 30.5 Å². The topological polar surface area (TPSA) is 61.2 Å². The molecule has 120 valence electrons. The van der Waals surface area contributed by atoms with Crippen LogP contribution in [-0.4, -0.2) is 22.6 Å². The van der Waals surface area contributed by atoms with Crippen molar-refractivity contribution in [3.8, 4) is 11.4 Å². The number of nitrogens with zero attached hydrogens (tertiary/aromatic N) is 2. The van der Waals surface area contributed by atoms with Crippen LogP contribution < -0.4 is 5.56 Å². The molecular formula is C18H13BrN2O3. The predicted molar refractivity (Wildman–Crippen MR) is 93.9 cm³/mol. The van der Waals surface area contributed by atoms with E-state index in [1.165, 1.54) is 7.11 Å². The number of hydrogen-bond acceptors (Lipinski definition) is 4. The summed E-state index contributed by atoms with van der Waals surface area (Å²) in [6.45, 7) is 0. The van der Waals surface area contributed by atoms with Crippen LogP contribution in [0.4, 0.5) is 0 Å². The molecule has 1 atom stereocenters. The molecule has 5 nitrogen and oxygen atoms in total. The van der Waals surface area contributed by atoms with E-state index >= 15 is 0 Å². The predicted octanol–water partition coefficient (Wildman–Crippen LogP) is 3.29. The van der Waals surface area contributed by atoms with Gasteiger partial charge in [-0.2, -0.15) is 0 Å². The van der Waals surface area contributed by atoms with Crippen molar-refractivity contribution >= 4 is 32.8 Å². The number of benzene rings is 2. The second-order valence-electron chi connectivity index (χ2n) is 5.66. The van der Waals surface area contributed by atoms with E-state index in [0.717, 1.165) is 15.6 Å². The number of hydrogen-bond donors (Lipinski definition) is 0. The van der Waals surface area contributed by atoms with Crippen molar-refractivity contribution in [2.75, 3.05) is 7.11 Å². The van der Waals surface area contributed by atoms with Crippen LogP contribution in [0.25, 0.3) is 22.3 Å². The Balaban J connectivity index is 2.04. The number of methoxy groups -OCH3 is 1. The molecule has 1 unspecified atom stereocenters. The van der Waals surface area contributed by atoms with Crippen molar-refractivity contribution in [1.82, 2.24) is 9.55 Å². The molecule has 0 aliphatic carbocycles. The van der Waals surface area contributed by atoms with Crippen molar-refractivity contribution in [2.45, 2.75) is 12.5 Å². The summed E-state index contributed by atoms with van der Waals surface area (Å²) >= 11 is 3.46. The molecule has 0 saturated heterocycles. The summed E-state index contributed by atoms with van der Waals surface area (Å²) in [5.74, 6) is 0.230. The minimum Gasteiger partial charge on any atom is -0.469 e.